The minimum absolute atomic E-state index is 0.241. The summed E-state index contributed by atoms with van der Waals surface area (Å²) in [7, 11) is 0. The van der Waals surface area contributed by atoms with Gasteiger partial charge in [-0.05, 0) is 0 Å². The standard InChI is InChI=1S/C14H21.Li/c1-13(2,3)11-8-7-9-12(10-11)14(4,5)6;/h7-8,10H,1-6H3;. The van der Waals surface area contributed by atoms with E-state index in [1.54, 1.807) is 0 Å². The van der Waals surface area contributed by atoms with Crippen molar-refractivity contribution in [3.8, 4) is 0 Å². The Kier molecular flexibility index (Phi) is 3.44. The van der Waals surface area contributed by atoms with E-state index in [9.17, 15) is 0 Å². The molecule has 0 N–H and O–H groups in total. The van der Waals surface area contributed by atoms with E-state index in [4.69, 9.17) is 0 Å². The van der Waals surface area contributed by atoms with Crippen molar-refractivity contribution in [3.05, 3.63) is 29.3 Å². The third-order valence-electron chi connectivity index (χ3n) is 2.91. The fraction of sp³-hybridized carbons (Fsp3) is 0.571. The van der Waals surface area contributed by atoms with Gasteiger partial charge in [0.2, 0.25) is 0 Å². The number of hydrogen-bond acceptors (Lipinski definition) is 0. The Morgan fingerprint density at radius 1 is 0.867 bits per heavy atom. The van der Waals surface area contributed by atoms with Crippen LogP contribution in [-0.4, -0.2) is 17.7 Å². The van der Waals surface area contributed by atoms with Crippen LogP contribution in [0.25, 0.3) is 0 Å². The van der Waals surface area contributed by atoms with Crippen molar-refractivity contribution in [2.75, 3.05) is 0 Å². The van der Waals surface area contributed by atoms with Gasteiger partial charge in [-0.3, -0.25) is 0 Å². The third-order valence-corrected chi connectivity index (χ3v) is 2.91. The van der Waals surface area contributed by atoms with Crippen molar-refractivity contribution in [1.29, 1.82) is 0 Å². The zero-order valence-electron chi connectivity index (χ0n) is 11.2. The summed E-state index contributed by atoms with van der Waals surface area (Å²) in [6.45, 7) is 13.6. The average Bonchev–Trinajstić information content (AvgIpc) is 2.00. The Hall–Kier alpha value is -0.183. The van der Waals surface area contributed by atoms with E-state index >= 15 is 0 Å². The Balaban J connectivity index is 3.30. The molecule has 0 atom stereocenters. The molecule has 0 radical (unpaired) electrons. The van der Waals surface area contributed by atoms with Gasteiger partial charge in [-0.2, -0.15) is 0 Å². The van der Waals surface area contributed by atoms with Crippen LogP contribution in [0.3, 0.4) is 0 Å². The topological polar surface area (TPSA) is 0 Å². The molecule has 0 fully saturated rings. The summed E-state index contributed by atoms with van der Waals surface area (Å²) < 4.78 is 1.40. The first-order chi connectivity index (χ1) is 6.62. The van der Waals surface area contributed by atoms with Gasteiger partial charge < -0.3 is 0 Å². The second-order valence-corrected chi connectivity index (χ2v) is 6.53. The maximum absolute atomic E-state index is 2.37. The molecular weight excluding hydrogens is 175 g/mol. The van der Waals surface area contributed by atoms with E-state index in [1.807, 2.05) is 0 Å². The van der Waals surface area contributed by atoms with Gasteiger partial charge in [-0.15, -0.1) is 0 Å². The van der Waals surface area contributed by atoms with Gasteiger partial charge in [-0.1, -0.05) is 0 Å². The molecule has 0 saturated heterocycles. The molecule has 0 nitrogen and oxygen atoms in total. The molecule has 0 aliphatic carbocycles. The van der Waals surface area contributed by atoms with Gasteiger partial charge in [0, 0.05) is 0 Å². The van der Waals surface area contributed by atoms with E-state index in [2.05, 4.69) is 77.5 Å². The molecule has 15 heavy (non-hydrogen) atoms. The quantitative estimate of drug-likeness (QED) is 0.559. The summed E-state index contributed by atoms with van der Waals surface area (Å²) >= 11 is 2.20. The van der Waals surface area contributed by atoms with Crippen LogP contribution < -0.4 is 4.24 Å². The Morgan fingerprint density at radius 2 is 1.40 bits per heavy atom. The molecule has 1 heteroatoms. The van der Waals surface area contributed by atoms with Gasteiger partial charge in [0.25, 0.3) is 0 Å². The third kappa shape index (κ3) is 3.13. The summed E-state index contributed by atoms with van der Waals surface area (Å²) in [6.07, 6.45) is 0. The molecule has 1 rings (SSSR count). The van der Waals surface area contributed by atoms with Crippen LogP contribution in [0.4, 0.5) is 0 Å². The normalized spacial score (nSPS) is 13.1. The maximum atomic E-state index is 2.37. The van der Waals surface area contributed by atoms with Gasteiger partial charge >= 0.3 is 104 Å². The zero-order chi connectivity index (χ0) is 11.9. The predicted molar refractivity (Wildman–Crippen MR) is 69.2 cm³/mol. The molecule has 0 aliphatic heterocycles. The molecule has 0 bridgehead atoms. The average molecular weight is 196 g/mol. The van der Waals surface area contributed by atoms with Crippen molar-refractivity contribution in [2.24, 2.45) is 0 Å². The van der Waals surface area contributed by atoms with Gasteiger partial charge in [0.05, 0.1) is 0 Å². The Morgan fingerprint density at radius 3 is 1.80 bits per heavy atom. The van der Waals surface area contributed by atoms with Crippen LogP contribution >= 0.6 is 0 Å². The molecule has 0 aliphatic rings. The molecule has 1 aromatic carbocycles. The molecular formula is C14H21Li. The SMILES string of the molecule is [Li][c]1ccc(C(C)(C)C)cc1C(C)(C)C. The summed E-state index contributed by atoms with van der Waals surface area (Å²) in [4.78, 5) is 0. The van der Waals surface area contributed by atoms with E-state index in [0.29, 0.717) is 0 Å². The minimum atomic E-state index is 0.241. The van der Waals surface area contributed by atoms with Crippen LogP contribution in [-0.2, 0) is 10.8 Å². The summed E-state index contributed by atoms with van der Waals surface area (Å²) in [5, 5.41) is 0. The second-order valence-electron chi connectivity index (χ2n) is 6.53. The van der Waals surface area contributed by atoms with E-state index in [1.165, 1.54) is 15.4 Å². The monoisotopic (exact) mass is 196 g/mol. The van der Waals surface area contributed by atoms with Crippen molar-refractivity contribution in [1.82, 2.24) is 0 Å². The first-order valence-electron chi connectivity index (χ1n) is 5.74. The first-order valence-corrected chi connectivity index (χ1v) is 5.74. The molecule has 0 aromatic heterocycles. The second kappa shape index (κ2) is 4.00. The first kappa shape index (κ1) is 12.9. The number of hydrogen-bond donors (Lipinski definition) is 0. The number of benzene rings is 1. The zero-order valence-corrected chi connectivity index (χ0v) is 11.2. The van der Waals surface area contributed by atoms with Crippen LogP contribution in [0.15, 0.2) is 18.2 Å². The van der Waals surface area contributed by atoms with E-state index < -0.39 is 0 Å². The van der Waals surface area contributed by atoms with E-state index in [0.717, 1.165) is 0 Å². The van der Waals surface area contributed by atoms with Crippen LogP contribution in [0, 0.1) is 0 Å². The fourth-order valence-corrected chi connectivity index (χ4v) is 1.90. The molecule has 0 heterocycles. The van der Waals surface area contributed by atoms with E-state index in [-0.39, 0.29) is 10.8 Å². The Bertz CT molecular complexity index is 351. The summed E-state index contributed by atoms with van der Waals surface area (Å²) in [5.74, 6) is 0. The van der Waals surface area contributed by atoms with Gasteiger partial charge in [0.1, 0.15) is 0 Å². The molecule has 0 amide bonds. The summed E-state index contributed by atoms with van der Waals surface area (Å²) in [6, 6.07) is 6.88. The molecule has 0 unspecified atom stereocenters. The van der Waals surface area contributed by atoms with Crippen molar-refractivity contribution < 1.29 is 0 Å². The van der Waals surface area contributed by atoms with Gasteiger partial charge in [0.15, 0.2) is 0 Å². The van der Waals surface area contributed by atoms with Crippen LogP contribution in [0.1, 0.15) is 52.7 Å². The molecule has 0 spiro atoms. The molecule has 1 aromatic rings. The number of rotatable bonds is 0. The summed E-state index contributed by atoms with van der Waals surface area (Å²) in [5.41, 5.74) is 3.38. The van der Waals surface area contributed by atoms with Crippen LogP contribution in [0.5, 0.6) is 0 Å². The van der Waals surface area contributed by atoms with Crippen molar-refractivity contribution >= 4 is 22.0 Å². The van der Waals surface area contributed by atoms with Gasteiger partial charge in [-0.25, -0.2) is 0 Å². The van der Waals surface area contributed by atoms with Crippen molar-refractivity contribution in [3.63, 3.8) is 0 Å². The molecule has 78 valence electrons. The Labute approximate surface area is 104 Å². The van der Waals surface area contributed by atoms with Crippen LogP contribution in [0.2, 0.25) is 0 Å². The predicted octanol–water partition coefficient (Wildman–Crippen LogP) is 3.08. The van der Waals surface area contributed by atoms with Crippen molar-refractivity contribution in [2.45, 2.75) is 52.4 Å². The molecule has 0 saturated carbocycles. The fourth-order valence-electron chi connectivity index (χ4n) is 1.90.